The van der Waals surface area contributed by atoms with Crippen molar-refractivity contribution in [2.24, 2.45) is 0 Å². The minimum atomic E-state index is 0.229. The van der Waals surface area contributed by atoms with Crippen LogP contribution in [0.25, 0.3) is 31.9 Å². The second kappa shape index (κ2) is 6.17. The molecule has 25 heavy (non-hydrogen) atoms. The van der Waals surface area contributed by atoms with Gasteiger partial charge in [-0.1, -0.05) is 47.5 Å². The molecule has 0 saturated carbocycles. The van der Waals surface area contributed by atoms with Crippen molar-refractivity contribution in [3.05, 3.63) is 70.7 Å². The van der Waals surface area contributed by atoms with E-state index in [1.165, 1.54) is 16.7 Å². The predicted molar refractivity (Wildman–Crippen MR) is 107 cm³/mol. The van der Waals surface area contributed by atoms with Crippen LogP contribution in [-0.2, 0) is 0 Å². The van der Waals surface area contributed by atoms with Crippen LogP contribution in [0.2, 0.25) is 5.02 Å². The van der Waals surface area contributed by atoms with E-state index in [9.17, 15) is 5.11 Å². The maximum Gasteiger partial charge on any atom is 0.128 e. The molecular weight excluding hydrogens is 350 g/mol. The van der Waals surface area contributed by atoms with Crippen molar-refractivity contribution < 1.29 is 5.11 Å². The Bertz CT molecular complexity index is 1100. The lowest BCUT2D eigenvalue weighted by Gasteiger charge is -2.08. The molecular formula is C21H16ClNOS. The van der Waals surface area contributed by atoms with Crippen molar-refractivity contribution in [2.75, 3.05) is 0 Å². The Labute approximate surface area is 155 Å². The Morgan fingerprint density at radius 1 is 0.960 bits per heavy atom. The fourth-order valence-corrected chi connectivity index (χ4v) is 4.34. The largest absolute Gasteiger partial charge is 0.507 e. The summed E-state index contributed by atoms with van der Waals surface area (Å²) in [5.41, 5.74) is 6.21. The van der Waals surface area contributed by atoms with E-state index >= 15 is 0 Å². The Balaban J connectivity index is 1.91. The molecule has 0 aliphatic rings. The monoisotopic (exact) mass is 365 g/mol. The maximum atomic E-state index is 10.1. The van der Waals surface area contributed by atoms with Crippen LogP contribution in [0.1, 0.15) is 11.1 Å². The molecule has 0 saturated heterocycles. The molecule has 1 heterocycles. The first-order valence-corrected chi connectivity index (χ1v) is 9.18. The summed E-state index contributed by atoms with van der Waals surface area (Å²) in [5.74, 6) is 0.229. The number of nitrogens with zero attached hydrogens (tertiary/aromatic N) is 1. The zero-order valence-electron chi connectivity index (χ0n) is 13.9. The van der Waals surface area contributed by atoms with E-state index in [0.29, 0.717) is 5.02 Å². The van der Waals surface area contributed by atoms with Crippen LogP contribution in [-0.4, -0.2) is 10.1 Å². The third-order valence-corrected chi connectivity index (χ3v) is 5.61. The molecule has 1 N–H and O–H groups in total. The van der Waals surface area contributed by atoms with Crippen molar-refractivity contribution >= 4 is 33.2 Å². The number of thiazole rings is 1. The highest BCUT2D eigenvalue weighted by atomic mass is 35.5. The van der Waals surface area contributed by atoms with Gasteiger partial charge < -0.3 is 5.11 Å². The lowest BCUT2D eigenvalue weighted by molar-refractivity contribution is 0.477. The lowest BCUT2D eigenvalue weighted by Crippen LogP contribution is -1.85. The Kier molecular flexibility index (Phi) is 3.98. The molecule has 1 aromatic heterocycles. The predicted octanol–water partition coefficient (Wildman–Crippen LogP) is 6.61. The highest BCUT2D eigenvalue weighted by Gasteiger charge is 2.14. The molecule has 0 radical (unpaired) electrons. The number of aromatic hydroxyl groups is 1. The van der Waals surface area contributed by atoms with Gasteiger partial charge in [-0.15, -0.1) is 11.3 Å². The van der Waals surface area contributed by atoms with E-state index in [0.717, 1.165) is 26.4 Å². The van der Waals surface area contributed by atoms with Gasteiger partial charge in [0.1, 0.15) is 16.3 Å². The molecule has 2 nitrogen and oxygen atoms in total. The van der Waals surface area contributed by atoms with E-state index in [4.69, 9.17) is 11.6 Å². The van der Waals surface area contributed by atoms with Crippen molar-refractivity contribution in [1.29, 1.82) is 0 Å². The molecule has 0 amide bonds. The smallest absolute Gasteiger partial charge is 0.128 e. The molecule has 124 valence electrons. The Morgan fingerprint density at radius 2 is 1.76 bits per heavy atom. The highest BCUT2D eigenvalue weighted by Crippen LogP contribution is 2.40. The number of fused-ring (bicyclic) bond motifs is 1. The van der Waals surface area contributed by atoms with Gasteiger partial charge in [-0.05, 0) is 54.8 Å². The number of para-hydroxylation sites is 1. The van der Waals surface area contributed by atoms with Crippen LogP contribution in [0.5, 0.6) is 5.75 Å². The van der Waals surface area contributed by atoms with Crippen LogP contribution < -0.4 is 0 Å². The van der Waals surface area contributed by atoms with Gasteiger partial charge in [0.15, 0.2) is 0 Å². The molecule has 0 aliphatic carbocycles. The minimum absolute atomic E-state index is 0.229. The third-order valence-electron chi connectivity index (χ3n) is 4.29. The van der Waals surface area contributed by atoms with Gasteiger partial charge in [0, 0.05) is 0 Å². The summed E-state index contributed by atoms with van der Waals surface area (Å²) in [6.45, 7) is 4.19. The number of rotatable bonds is 2. The van der Waals surface area contributed by atoms with Gasteiger partial charge in [-0.25, -0.2) is 4.98 Å². The van der Waals surface area contributed by atoms with Crippen LogP contribution in [0.4, 0.5) is 0 Å². The van der Waals surface area contributed by atoms with E-state index in [2.05, 4.69) is 43.1 Å². The van der Waals surface area contributed by atoms with E-state index in [-0.39, 0.29) is 5.75 Å². The zero-order chi connectivity index (χ0) is 17.6. The second-order valence-corrected chi connectivity index (χ2v) is 7.60. The molecule has 0 atom stereocenters. The topological polar surface area (TPSA) is 33.1 Å². The SMILES string of the molecule is Cc1ccc(C)c(-c2cc(Cl)c3nc(-c4ccccc4O)sc3c2)c1. The van der Waals surface area contributed by atoms with E-state index < -0.39 is 0 Å². The van der Waals surface area contributed by atoms with Crippen molar-refractivity contribution in [2.45, 2.75) is 13.8 Å². The summed E-state index contributed by atoms with van der Waals surface area (Å²) >= 11 is 8.07. The van der Waals surface area contributed by atoms with Crippen LogP contribution in [0.15, 0.2) is 54.6 Å². The summed E-state index contributed by atoms with van der Waals surface area (Å²) in [7, 11) is 0. The number of aryl methyl sites for hydroxylation is 2. The minimum Gasteiger partial charge on any atom is -0.507 e. The summed E-state index contributed by atoms with van der Waals surface area (Å²) in [4.78, 5) is 4.64. The summed E-state index contributed by atoms with van der Waals surface area (Å²) < 4.78 is 1.02. The molecule has 4 heteroatoms. The van der Waals surface area contributed by atoms with Crippen LogP contribution >= 0.6 is 22.9 Å². The molecule has 4 rings (SSSR count). The van der Waals surface area contributed by atoms with Crippen LogP contribution in [0.3, 0.4) is 0 Å². The number of benzene rings is 3. The first kappa shape index (κ1) is 16.1. The molecule has 0 fully saturated rings. The average molecular weight is 366 g/mol. The van der Waals surface area contributed by atoms with Crippen molar-refractivity contribution in [3.63, 3.8) is 0 Å². The number of hydrogen-bond donors (Lipinski definition) is 1. The van der Waals surface area contributed by atoms with Crippen LogP contribution in [0, 0.1) is 13.8 Å². The van der Waals surface area contributed by atoms with Gasteiger partial charge >= 0.3 is 0 Å². The number of halogens is 1. The summed E-state index contributed by atoms with van der Waals surface area (Å²) in [6, 6.07) is 17.8. The van der Waals surface area contributed by atoms with Gasteiger partial charge in [-0.3, -0.25) is 0 Å². The number of phenolic OH excluding ortho intramolecular Hbond substituents is 1. The van der Waals surface area contributed by atoms with Crippen molar-refractivity contribution in [3.8, 4) is 27.4 Å². The molecule has 0 bridgehead atoms. The molecule has 0 spiro atoms. The standard InChI is InChI=1S/C21H16ClNOS/c1-12-7-8-13(2)16(9-12)14-10-17(22)20-19(11-14)25-21(23-20)15-5-3-4-6-18(15)24/h3-11,24H,1-2H3. The molecule has 4 aromatic rings. The fourth-order valence-electron chi connectivity index (χ4n) is 2.96. The summed E-state index contributed by atoms with van der Waals surface area (Å²) in [6.07, 6.45) is 0. The quantitative estimate of drug-likeness (QED) is 0.433. The van der Waals surface area contributed by atoms with Crippen molar-refractivity contribution in [1.82, 2.24) is 4.98 Å². The lowest BCUT2D eigenvalue weighted by atomic mass is 9.98. The summed E-state index contributed by atoms with van der Waals surface area (Å²) in [5, 5.41) is 11.5. The zero-order valence-corrected chi connectivity index (χ0v) is 15.4. The normalized spacial score (nSPS) is 11.2. The molecule has 0 unspecified atom stereocenters. The number of phenols is 1. The third kappa shape index (κ3) is 2.90. The average Bonchev–Trinajstić information content (AvgIpc) is 3.02. The Morgan fingerprint density at radius 3 is 2.56 bits per heavy atom. The van der Waals surface area contributed by atoms with Gasteiger partial charge in [0.05, 0.1) is 15.3 Å². The Hall–Kier alpha value is -2.36. The highest BCUT2D eigenvalue weighted by molar-refractivity contribution is 7.21. The van der Waals surface area contributed by atoms with Gasteiger partial charge in [-0.2, -0.15) is 0 Å². The maximum absolute atomic E-state index is 10.1. The number of aromatic nitrogens is 1. The first-order chi connectivity index (χ1) is 12.0. The second-order valence-electron chi connectivity index (χ2n) is 6.16. The molecule has 3 aromatic carbocycles. The first-order valence-electron chi connectivity index (χ1n) is 7.99. The van der Waals surface area contributed by atoms with Gasteiger partial charge in [0.25, 0.3) is 0 Å². The van der Waals surface area contributed by atoms with Gasteiger partial charge in [0.2, 0.25) is 0 Å². The fraction of sp³-hybridized carbons (Fsp3) is 0.0952. The molecule has 0 aliphatic heterocycles. The van der Waals surface area contributed by atoms with E-state index in [1.54, 1.807) is 23.5 Å². The van der Waals surface area contributed by atoms with E-state index in [1.807, 2.05) is 18.2 Å². The number of hydrogen-bond acceptors (Lipinski definition) is 3.